The van der Waals surface area contributed by atoms with Gasteiger partial charge in [-0.3, -0.25) is 0 Å². The molecule has 5 heteroatoms. The van der Waals surface area contributed by atoms with E-state index in [0.29, 0.717) is 10.3 Å². The second-order valence-corrected chi connectivity index (χ2v) is 5.46. The Bertz CT molecular complexity index is 823. The molecule has 0 saturated carbocycles. The first-order chi connectivity index (χ1) is 9.58. The molecule has 0 aliphatic carbocycles. The van der Waals surface area contributed by atoms with E-state index in [4.69, 9.17) is 23.8 Å². The molecule has 0 aliphatic heterocycles. The van der Waals surface area contributed by atoms with Crippen molar-refractivity contribution in [3.8, 4) is 0 Å². The second kappa shape index (κ2) is 5.04. The van der Waals surface area contributed by atoms with Crippen molar-refractivity contribution in [1.29, 1.82) is 0 Å². The third-order valence-electron chi connectivity index (χ3n) is 3.43. The number of aromatic nitrogens is 2. The minimum Gasteiger partial charge on any atom is -0.331 e. The number of H-pyrrole nitrogens is 1. The Kier molecular flexibility index (Phi) is 3.36. The largest absolute Gasteiger partial charge is 0.331 e. The SMILES string of the molecule is CC(c1ccccc1)n1c(=S)[nH]c2cc(Cl)c(F)cc21. The third kappa shape index (κ3) is 2.15. The third-order valence-corrected chi connectivity index (χ3v) is 4.02. The van der Waals surface area contributed by atoms with E-state index in [9.17, 15) is 4.39 Å². The lowest BCUT2D eigenvalue weighted by Crippen LogP contribution is -2.06. The van der Waals surface area contributed by atoms with Gasteiger partial charge in [0.2, 0.25) is 0 Å². The van der Waals surface area contributed by atoms with Crippen molar-refractivity contribution in [3.63, 3.8) is 0 Å². The average Bonchev–Trinajstić information content (AvgIpc) is 2.75. The van der Waals surface area contributed by atoms with Gasteiger partial charge in [-0.2, -0.15) is 0 Å². The molecule has 1 unspecified atom stereocenters. The zero-order valence-electron chi connectivity index (χ0n) is 10.7. The Labute approximate surface area is 125 Å². The molecule has 3 aromatic rings. The summed E-state index contributed by atoms with van der Waals surface area (Å²) >= 11 is 11.2. The average molecular weight is 307 g/mol. The molecule has 2 nitrogen and oxygen atoms in total. The maximum absolute atomic E-state index is 13.7. The summed E-state index contributed by atoms with van der Waals surface area (Å²) in [6.45, 7) is 2.03. The number of benzene rings is 2. The summed E-state index contributed by atoms with van der Waals surface area (Å²) in [6.07, 6.45) is 0. The predicted molar refractivity (Wildman–Crippen MR) is 82.3 cm³/mol. The topological polar surface area (TPSA) is 20.7 Å². The summed E-state index contributed by atoms with van der Waals surface area (Å²) in [5, 5.41) is 0.0910. The lowest BCUT2D eigenvalue weighted by atomic mass is 10.1. The van der Waals surface area contributed by atoms with Crippen LogP contribution in [0.15, 0.2) is 42.5 Å². The van der Waals surface area contributed by atoms with E-state index in [2.05, 4.69) is 4.98 Å². The highest BCUT2D eigenvalue weighted by Crippen LogP contribution is 2.27. The van der Waals surface area contributed by atoms with E-state index in [-0.39, 0.29) is 11.1 Å². The summed E-state index contributed by atoms with van der Waals surface area (Å²) in [6, 6.07) is 13.0. The van der Waals surface area contributed by atoms with Gasteiger partial charge in [0, 0.05) is 6.07 Å². The Morgan fingerprint density at radius 1 is 1.25 bits per heavy atom. The maximum Gasteiger partial charge on any atom is 0.178 e. The van der Waals surface area contributed by atoms with Crippen LogP contribution in [0.5, 0.6) is 0 Å². The number of hydrogen-bond donors (Lipinski definition) is 1. The van der Waals surface area contributed by atoms with Crippen molar-refractivity contribution < 1.29 is 4.39 Å². The number of fused-ring (bicyclic) bond motifs is 1. The van der Waals surface area contributed by atoms with E-state index < -0.39 is 5.82 Å². The van der Waals surface area contributed by atoms with Crippen LogP contribution in [0.3, 0.4) is 0 Å². The van der Waals surface area contributed by atoms with Gasteiger partial charge in [-0.15, -0.1) is 0 Å². The minimum atomic E-state index is -0.442. The van der Waals surface area contributed by atoms with Crippen LogP contribution < -0.4 is 0 Å². The second-order valence-electron chi connectivity index (χ2n) is 4.67. The lowest BCUT2D eigenvalue weighted by Gasteiger charge is -2.15. The van der Waals surface area contributed by atoms with Crippen molar-refractivity contribution in [2.75, 3.05) is 0 Å². The first kappa shape index (κ1) is 13.3. The summed E-state index contributed by atoms with van der Waals surface area (Å²) in [5.74, 6) is -0.442. The monoisotopic (exact) mass is 306 g/mol. The Hall–Kier alpha value is -1.65. The van der Waals surface area contributed by atoms with E-state index in [1.807, 2.05) is 41.8 Å². The van der Waals surface area contributed by atoms with Crippen molar-refractivity contribution in [2.45, 2.75) is 13.0 Å². The molecule has 2 aromatic carbocycles. The molecular formula is C15H12ClFN2S. The molecule has 1 atom stereocenters. The number of nitrogens with zero attached hydrogens (tertiary/aromatic N) is 1. The number of halogens is 2. The summed E-state index contributed by atoms with van der Waals surface area (Å²) in [7, 11) is 0. The van der Waals surface area contributed by atoms with Gasteiger partial charge in [0.1, 0.15) is 5.82 Å². The number of imidazole rings is 1. The summed E-state index contributed by atoms with van der Waals surface area (Å²) < 4.78 is 16.2. The molecule has 3 rings (SSSR count). The fourth-order valence-electron chi connectivity index (χ4n) is 2.39. The molecule has 0 aliphatic rings. The van der Waals surface area contributed by atoms with Crippen molar-refractivity contribution in [1.82, 2.24) is 9.55 Å². The zero-order valence-corrected chi connectivity index (χ0v) is 12.3. The molecule has 0 saturated heterocycles. The van der Waals surface area contributed by atoms with Crippen molar-refractivity contribution in [3.05, 3.63) is 63.6 Å². The van der Waals surface area contributed by atoms with E-state index in [1.54, 1.807) is 6.07 Å². The first-order valence-corrected chi connectivity index (χ1v) is 7.01. The van der Waals surface area contributed by atoms with Crippen LogP contribution in [0.25, 0.3) is 11.0 Å². The standard InChI is InChI=1S/C15H12ClFN2S/c1-9(10-5-3-2-4-6-10)19-14-8-12(17)11(16)7-13(14)18-15(19)20/h2-9H,1H3,(H,18,20). The molecular weight excluding hydrogens is 295 g/mol. The highest BCUT2D eigenvalue weighted by Gasteiger charge is 2.14. The van der Waals surface area contributed by atoms with Gasteiger partial charge in [0.25, 0.3) is 0 Å². The number of hydrogen-bond acceptors (Lipinski definition) is 1. The van der Waals surface area contributed by atoms with Gasteiger partial charge in [-0.05, 0) is 30.8 Å². The molecule has 20 heavy (non-hydrogen) atoms. The van der Waals surface area contributed by atoms with Crippen LogP contribution >= 0.6 is 23.8 Å². The fraction of sp³-hybridized carbons (Fsp3) is 0.133. The Morgan fingerprint density at radius 3 is 2.65 bits per heavy atom. The Morgan fingerprint density at radius 2 is 1.95 bits per heavy atom. The van der Waals surface area contributed by atoms with Gasteiger partial charge < -0.3 is 9.55 Å². The van der Waals surface area contributed by atoms with Crippen molar-refractivity contribution >= 4 is 34.9 Å². The number of aromatic amines is 1. The number of nitrogens with one attached hydrogen (secondary N) is 1. The molecule has 0 amide bonds. The van der Waals surface area contributed by atoms with Gasteiger partial charge >= 0.3 is 0 Å². The molecule has 0 bridgehead atoms. The normalized spacial score (nSPS) is 12.8. The first-order valence-electron chi connectivity index (χ1n) is 6.22. The van der Waals surface area contributed by atoms with Crippen LogP contribution in [-0.2, 0) is 0 Å². The zero-order chi connectivity index (χ0) is 14.3. The molecule has 0 spiro atoms. The molecule has 0 fully saturated rings. The lowest BCUT2D eigenvalue weighted by molar-refractivity contribution is 0.622. The van der Waals surface area contributed by atoms with Crippen LogP contribution in [0.1, 0.15) is 18.5 Å². The van der Waals surface area contributed by atoms with Crippen molar-refractivity contribution in [2.24, 2.45) is 0 Å². The molecule has 1 heterocycles. The van der Waals surface area contributed by atoms with Gasteiger partial charge in [0.15, 0.2) is 4.77 Å². The van der Waals surface area contributed by atoms with Crippen LogP contribution in [0.4, 0.5) is 4.39 Å². The quantitative estimate of drug-likeness (QED) is 0.653. The number of rotatable bonds is 2. The summed E-state index contributed by atoms with van der Waals surface area (Å²) in [4.78, 5) is 3.07. The molecule has 0 radical (unpaired) electrons. The van der Waals surface area contributed by atoms with Gasteiger partial charge in [-0.25, -0.2) is 4.39 Å². The minimum absolute atomic E-state index is 0.0121. The fourth-order valence-corrected chi connectivity index (χ4v) is 2.92. The maximum atomic E-state index is 13.7. The molecule has 102 valence electrons. The van der Waals surface area contributed by atoms with Gasteiger partial charge in [-0.1, -0.05) is 41.9 Å². The summed E-state index contributed by atoms with van der Waals surface area (Å²) in [5.41, 5.74) is 2.57. The Balaban J connectivity index is 2.24. The van der Waals surface area contributed by atoms with Crippen LogP contribution in [0, 0.1) is 10.6 Å². The van der Waals surface area contributed by atoms with Crippen LogP contribution in [0.2, 0.25) is 5.02 Å². The highest BCUT2D eigenvalue weighted by atomic mass is 35.5. The highest BCUT2D eigenvalue weighted by molar-refractivity contribution is 7.71. The molecule has 1 aromatic heterocycles. The van der Waals surface area contributed by atoms with E-state index >= 15 is 0 Å². The van der Waals surface area contributed by atoms with Crippen LogP contribution in [-0.4, -0.2) is 9.55 Å². The van der Waals surface area contributed by atoms with E-state index in [0.717, 1.165) is 11.1 Å². The van der Waals surface area contributed by atoms with Gasteiger partial charge in [0.05, 0.1) is 22.1 Å². The predicted octanol–water partition coefficient (Wildman–Crippen LogP) is 5.10. The smallest absolute Gasteiger partial charge is 0.178 e. The molecule has 1 N–H and O–H groups in total. The van der Waals surface area contributed by atoms with E-state index in [1.165, 1.54) is 6.07 Å².